The molecule has 0 aliphatic heterocycles. The number of ether oxygens (including phenoxy) is 1. The number of halogens is 2. The summed E-state index contributed by atoms with van der Waals surface area (Å²) in [6.45, 7) is 4.01. The van der Waals surface area contributed by atoms with Crippen molar-refractivity contribution in [2.75, 3.05) is 13.2 Å². The lowest BCUT2D eigenvalue weighted by Crippen LogP contribution is -2.13. The number of phenols is 1. The summed E-state index contributed by atoms with van der Waals surface area (Å²) in [7, 11) is 0. The van der Waals surface area contributed by atoms with Crippen LogP contribution in [0.4, 0.5) is 8.78 Å². The largest absolute Gasteiger partial charge is 0.504 e. The highest BCUT2D eigenvalue weighted by Crippen LogP contribution is 2.38. The summed E-state index contributed by atoms with van der Waals surface area (Å²) in [5, 5.41) is 19.1. The lowest BCUT2D eigenvalue weighted by Gasteiger charge is -2.28. The van der Waals surface area contributed by atoms with Gasteiger partial charge >= 0.3 is 0 Å². The van der Waals surface area contributed by atoms with Crippen LogP contribution < -0.4 is 4.74 Å². The van der Waals surface area contributed by atoms with Crippen LogP contribution in [0.5, 0.6) is 11.5 Å². The number of aromatic hydroxyl groups is 1. The Labute approximate surface area is 189 Å². The summed E-state index contributed by atoms with van der Waals surface area (Å²) in [4.78, 5) is 0. The van der Waals surface area contributed by atoms with Crippen LogP contribution in [0, 0.1) is 5.92 Å². The molecule has 0 heterocycles. The first-order chi connectivity index (χ1) is 15.5. The van der Waals surface area contributed by atoms with E-state index in [1.165, 1.54) is 5.56 Å². The molecule has 0 amide bonds. The van der Waals surface area contributed by atoms with E-state index in [4.69, 9.17) is 9.84 Å². The van der Waals surface area contributed by atoms with Gasteiger partial charge < -0.3 is 14.9 Å². The second kappa shape index (κ2) is 11.8. The topological polar surface area (TPSA) is 49.7 Å². The fourth-order valence-corrected chi connectivity index (χ4v) is 4.35. The predicted molar refractivity (Wildman–Crippen MR) is 124 cm³/mol. The van der Waals surface area contributed by atoms with Crippen molar-refractivity contribution in [1.82, 2.24) is 0 Å². The van der Waals surface area contributed by atoms with E-state index in [1.54, 1.807) is 6.07 Å². The lowest BCUT2D eigenvalue weighted by molar-refractivity contribution is 0.284. The van der Waals surface area contributed by atoms with Crippen molar-refractivity contribution in [1.29, 1.82) is 0 Å². The number of phenolic OH excluding ortho intramolecular Hbond substituents is 1. The van der Waals surface area contributed by atoms with Gasteiger partial charge in [0.2, 0.25) is 0 Å². The van der Waals surface area contributed by atoms with Gasteiger partial charge in [0.25, 0.3) is 6.08 Å². The van der Waals surface area contributed by atoms with Crippen molar-refractivity contribution in [3.63, 3.8) is 0 Å². The Bertz CT molecular complexity index is 909. The minimum atomic E-state index is -1.57. The number of hydrogen-bond donors (Lipinski definition) is 2. The van der Waals surface area contributed by atoms with E-state index < -0.39 is 6.08 Å². The Morgan fingerprint density at radius 3 is 2.38 bits per heavy atom. The van der Waals surface area contributed by atoms with E-state index in [9.17, 15) is 13.9 Å². The van der Waals surface area contributed by atoms with Crippen LogP contribution in [0.1, 0.15) is 56.4 Å². The van der Waals surface area contributed by atoms with E-state index in [0.29, 0.717) is 42.6 Å². The van der Waals surface area contributed by atoms with Crippen molar-refractivity contribution in [3.8, 4) is 22.6 Å². The van der Waals surface area contributed by atoms with E-state index >= 15 is 0 Å². The average Bonchev–Trinajstić information content (AvgIpc) is 2.80. The zero-order valence-corrected chi connectivity index (χ0v) is 18.4. The highest BCUT2D eigenvalue weighted by atomic mass is 19.3. The summed E-state index contributed by atoms with van der Waals surface area (Å²) in [5.74, 6) is 1.57. The molecule has 0 aromatic heterocycles. The summed E-state index contributed by atoms with van der Waals surface area (Å²) in [6, 6.07) is 13.8. The van der Waals surface area contributed by atoms with E-state index in [0.717, 1.165) is 49.3 Å². The van der Waals surface area contributed by atoms with Crippen molar-refractivity contribution in [2.45, 2.75) is 50.9 Å². The molecule has 2 N–H and O–H groups in total. The average molecular weight is 443 g/mol. The fourth-order valence-electron chi connectivity index (χ4n) is 4.35. The molecule has 0 spiro atoms. The zero-order chi connectivity index (χ0) is 22.9. The Kier molecular flexibility index (Phi) is 8.86. The molecule has 0 unspecified atom stereocenters. The number of hydrogen-bond acceptors (Lipinski definition) is 3. The van der Waals surface area contributed by atoms with Gasteiger partial charge in [0.15, 0.2) is 11.5 Å². The maximum absolute atomic E-state index is 12.2. The molecule has 0 bridgehead atoms. The second-order valence-electron chi connectivity index (χ2n) is 8.60. The smallest absolute Gasteiger partial charge is 0.266 e. The minimum absolute atomic E-state index is 0.0696. The molecule has 3 nitrogen and oxygen atoms in total. The predicted octanol–water partition coefficient (Wildman–Crippen LogP) is 7.21. The van der Waals surface area contributed by atoms with Crippen molar-refractivity contribution >= 4 is 0 Å². The van der Waals surface area contributed by atoms with Crippen LogP contribution >= 0.6 is 0 Å². The molecule has 1 saturated carbocycles. The number of rotatable bonds is 10. The van der Waals surface area contributed by atoms with Crippen molar-refractivity contribution in [3.05, 3.63) is 72.3 Å². The van der Waals surface area contributed by atoms with Crippen LogP contribution in [0.2, 0.25) is 0 Å². The molecule has 3 rings (SSSR count). The summed E-state index contributed by atoms with van der Waals surface area (Å²) >= 11 is 0. The zero-order valence-electron chi connectivity index (χ0n) is 18.4. The number of allylic oxidation sites excluding steroid dienone is 1. The molecule has 2 aromatic rings. The maximum Gasteiger partial charge on any atom is 0.266 e. The van der Waals surface area contributed by atoms with Crippen LogP contribution in [0.15, 0.2) is 66.8 Å². The molecule has 2 aromatic carbocycles. The third-order valence-corrected chi connectivity index (χ3v) is 6.33. The Hall–Kier alpha value is -2.66. The molecule has 1 fully saturated rings. The van der Waals surface area contributed by atoms with Crippen molar-refractivity contribution in [2.24, 2.45) is 5.92 Å². The molecule has 0 atom stereocenters. The van der Waals surface area contributed by atoms with Gasteiger partial charge in [-0.25, -0.2) is 0 Å². The van der Waals surface area contributed by atoms with E-state index in [1.807, 2.05) is 12.1 Å². The molecule has 5 heteroatoms. The lowest BCUT2D eigenvalue weighted by atomic mass is 9.77. The van der Waals surface area contributed by atoms with Gasteiger partial charge in [-0.3, -0.25) is 0 Å². The van der Waals surface area contributed by atoms with Crippen LogP contribution in [0.25, 0.3) is 11.1 Å². The maximum atomic E-state index is 12.2. The summed E-state index contributed by atoms with van der Waals surface area (Å²) in [6.07, 6.45) is 5.70. The molecule has 0 radical (unpaired) electrons. The molecular formula is C27H32F2O3. The summed E-state index contributed by atoms with van der Waals surface area (Å²) in [5.41, 5.74) is 4.02. The SMILES string of the molecule is C=C(CO)CCOc1cc(-c2ccc(C3CCC(CCC=C(F)F)CC3)cc2)ccc1O. The van der Waals surface area contributed by atoms with Gasteiger partial charge in [-0.2, -0.15) is 8.78 Å². The third kappa shape index (κ3) is 6.92. The number of aliphatic hydroxyl groups excluding tert-OH is 1. The quantitative estimate of drug-likeness (QED) is 0.382. The number of benzene rings is 2. The van der Waals surface area contributed by atoms with Gasteiger partial charge in [-0.05, 0) is 90.8 Å². The molecule has 1 aliphatic carbocycles. The molecule has 1 aliphatic rings. The van der Waals surface area contributed by atoms with Crippen LogP contribution in [-0.2, 0) is 0 Å². The normalized spacial score (nSPS) is 18.2. The van der Waals surface area contributed by atoms with Crippen LogP contribution in [0.3, 0.4) is 0 Å². The first kappa shape index (κ1) is 24.0. The summed E-state index contributed by atoms with van der Waals surface area (Å²) < 4.78 is 30.1. The minimum Gasteiger partial charge on any atom is -0.504 e. The number of aliphatic hydroxyl groups is 1. The third-order valence-electron chi connectivity index (χ3n) is 6.33. The first-order valence-electron chi connectivity index (χ1n) is 11.3. The second-order valence-corrected chi connectivity index (χ2v) is 8.60. The Balaban J connectivity index is 1.57. The molecule has 32 heavy (non-hydrogen) atoms. The van der Waals surface area contributed by atoms with Gasteiger partial charge in [-0.15, -0.1) is 0 Å². The van der Waals surface area contributed by atoms with Gasteiger partial charge in [0.05, 0.1) is 13.2 Å². The highest BCUT2D eigenvalue weighted by molar-refractivity contribution is 5.67. The Morgan fingerprint density at radius 2 is 1.72 bits per heavy atom. The van der Waals surface area contributed by atoms with Gasteiger partial charge in [0.1, 0.15) is 0 Å². The van der Waals surface area contributed by atoms with Crippen LogP contribution in [-0.4, -0.2) is 23.4 Å². The molecule has 0 saturated heterocycles. The standard InChI is InChI=1S/C27H32F2O3/c1-19(18-30)15-16-32-26-17-24(13-14-25(26)31)23-11-9-22(10-12-23)21-7-5-20(6-8-21)3-2-4-27(28)29/h4,9-14,17,20-21,30-31H,1-3,5-8,15-16,18H2. The molecule has 172 valence electrons. The highest BCUT2D eigenvalue weighted by Gasteiger charge is 2.22. The Morgan fingerprint density at radius 1 is 1.03 bits per heavy atom. The van der Waals surface area contributed by atoms with E-state index in [2.05, 4.69) is 30.8 Å². The first-order valence-corrected chi connectivity index (χ1v) is 11.3. The fraction of sp³-hybridized carbons (Fsp3) is 0.407. The monoisotopic (exact) mass is 442 g/mol. The molecular weight excluding hydrogens is 410 g/mol. The van der Waals surface area contributed by atoms with Gasteiger partial charge in [0, 0.05) is 6.42 Å². The van der Waals surface area contributed by atoms with Crippen molar-refractivity contribution < 1.29 is 23.7 Å². The van der Waals surface area contributed by atoms with Gasteiger partial charge in [-0.1, -0.05) is 36.9 Å². The van der Waals surface area contributed by atoms with E-state index in [-0.39, 0.29) is 12.4 Å².